The second-order valence-corrected chi connectivity index (χ2v) is 4.31. The van der Waals surface area contributed by atoms with Crippen LogP contribution in [0.3, 0.4) is 0 Å². The average molecular weight is 189 g/mol. The first-order valence-electron chi connectivity index (χ1n) is 4.48. The zero-order valence-corrected chi connectivity index (χ0v) is 8.26. The van der Waals surface area contributed by atoms with Crippen molar-refractivity contribution in [1.29, 1.82) is 0 Å². The average Bonchev–Trinajstić information content (AvgIpc) is 2.30. The van der Waals surface area contributed by atoms with Crippen molar-refractivity contribution < 1.29 is 13.9 Å². The molecule has 1 heterocycles. The van der Waals surface area contributed by atoms with Gasteiger partial charge in [0.05, 0.1) is 0 Å². The zero-order chi connectivity index (χ0) is 10.1. The molecule has 0 aromatic rings. The van der Waals surface area contributed by atoms with Gasteiger partial charge in [0, 0.05) is 13.1 Å². The minimum atomic E-state index is -1.10. The Bertz CT molecular complexity index is 200. The quantitative estimate of drug-likeness (QED) is 0.622. The highest BCUT2D eigenvalue weighted by molar-refractivity contribution is 5.74. The number of esters is 1. The normalized spacial score (nSPS) is 28.9. The van der Waals surface area contributed by atoms with Crippen LogP contribution >= 0.6 is 0 Å². The third kappa shape index (κ3) is 2.95. The lowest BCUT2D eigenvalue weighted by Gasteiger charge is -2.22. The van der Waals surface area contributed by atoms with Crippen LogP contribution in [0.2, 0.25) is 0 Å². The van der Waals surface area contributed by atoms with Crippen molar-refractivity contribution in [1.82, 2.24) is 5.32 Å². The Morgan fingerprint density at radius 1 is 1.46 bits per heavy atom. The fourth-order valence-electron chi connectivity index (χ4n) is 1.26. The summed E-state index contributed by atoms with van der Waals surface area (Å²) >= 11 is 0. The molecule has 1 aliphatic rings. The summed E-state index contributed by atoms with van der Waals surface area (Å²) in [5, 5.41) is 2.81. The summed E-state index contributed by atoms with van der Waals surface area (Å²) in [5.41, 5.74) is -0.528. The summed E-state index contributed by atoms with van der Waals surface area (Å²) in [6, 6.07) is 0. The van der Waals surface area contributed by atoms with Crippen LogP contribution in [0.4, 0.5) is 4.39 Å². The number of hydrogen-bond acceptors (Lipinski definition) is 3. The predicted molar refractivity (Wildman–Crippen MR) is 47.1 cm³/mol. The minimum absolute atomic E-state index is 0.254. The maximum Gasteiger partial charge on any atom is 0.313 e. The lowest BCUT2D eigenvalue weighted by molar-refractivity contribution is -0.160. The molecule has 3 nitrogen and oxygen atoms in total. The summed E-state index contributed by atoms with van der Waals surface area (Å²) < 4.78 is 18.1. The van der Waals surface area contributed by atoms with E-state index in [4.69, 9.17) is 4.74 Å². The van der Waals surface area contributed by atoms with Gasteiger partial charge in [-0.15, -0.1) is 0 Å². The van der Waals surface area contributed by atoms with Gasteiger partial charge >= 0.3 is 5.97 Å². The molecule has 2 atom stereocenters. The van der Waals surface area contributed by atoms with E-state index in [9.17, 15) is 9.18 Å². The van der Waals surface area contributed by atoms with E-state index in [1.165, 1.54) is 0 Å². The van der Waals surface area contributed by atoms with Crippen molar-refractivity contribution in [2.45, 2.75) is 32.5 Å². The van der Waals surface area contributed by atoms with Crippen molar-refractivity contribution in [3.63, 3.8) is 0 Å². The van der Waals surface area contributed by atoms with E-state index in [1.54, 1.807) is 20.8 Å². The van der Waals surface area contributed by atoms with Crippen LogP contribution in [0.5, 0.6) is 0 Å². The third-order valence-electron chi connectivity index (χ3n) is 1.85. The highest BCUT2D eigenvalue weighted by atomic mass is 19.1. The van der Waals surface area contributed by atoms with Crippen LogP contribution in [-0.2, 0) is 9.53 Å². The highest BCUT2D eigenvalue weighted by Crippen LogP contribution is 2.18. The molecule has 13 heavy (non-hydrogen) atoms. The molecule has 0 amide bonds. The number of ether oxygens (including phenoxy) is 1. The molecule has 1 N–H and O–H groups in total. The van der Waals surface area contributed by atoms with Gasteiger partial charge in [-0.2, -0.15) is 0 Å². The van der Waals surface area contributed by atoms with Gasteiger partial charge in [0.1, 0.15) is 17.7 Å². The van der Waals surface area contributed by atoms with Crippen LogP contribution in [0, 0.1) is 5.92 Å². The Morgan fingerprint density at radius 2 is 2.08 bits per heavy atom. The Hall–Kier alpha value is -0.640. The number of carbonyl (C=O) groups excluding carboxylic acids is 1. The second kappa shape index (κ2) is 3.62. The molecule has 0 bridgehead atoms. The van der Waals surface area contributed by atoms with E-state index in [2.05, 4.69) is 5.32 Å². The predicted octanol–water partition coefficient (Wildman–Crippen LogP) is 0.886. The van der Waals surface area contributed by atoms with E-state index in [0.717, 1.165) is 0 Å². The van der Waals surface area contributed by atoms with Crippen molar-refractivity contribution in [2.24, 2.45) is 5.92 Å². The fourth-order valence-corrected chi connectivity index (χ4v) is 1.26. The van der Waals surface area contributed by atoms with E-state index in [-0.39, 0.29) is 6.54 Å². The number of rotatable bonds is 1. The molecule has 0 aromatic carbocycles. The van der Waals surface area contributed by atoms with Crippen molar-refractivity contribution >= 4 is 5.97 Å². The molecule has 1 fully saturated rings. The number of nitrogens with one attached hydrogen (secondary N) is 1. The van der Waals surface area contributed by atoms with Crippen LogP contribution < -0.4 is 5.32 Å². The Kier molecular flexibility index (Phi) is 2.91. The van der Waals surface area contributed by atoms with Gasteiger partial charge in [0.15, 0.2) is 0 Å². The van der Waals surface area contributed by atoms with E-state index in [1.807, 2.05) is 0 Å². The van der Waals surface area contributed by atoms with Gasteiger partial charge in [-0.05, 0) is 20.8 Å². The maximum atomic E-state index is 13.1. The van der Waals surface area contributed by atoms with Gasteiger partial charge in [-0.1, -0.05) is 0 Å². The molecule has 1 aliphatic heterocycles. The van der Waals surface area contributed by atoms with Crippen LogP contribution in [0.15, 0.2) is 0 Å². The molecule has 76 valence electrons. The lowest BCUT2D eigenvalue weighted by atomic mass is 10.1. The maximum absolute atomic E-state index is 13.1. The molecule has 0 radical (unpaired) electrons. The summed E-state index contributed by atoms with van der Waals surface area (Å²) in [5.74, 6) is -1.07. The van der Waals surface area contributed by atoms with Crippen LogP contribution in [-0.4, -0.2) is 30.8 Å². The summed E-state index contributed by atoms with van der Waals surface area (Å²) in [6.45, 7) is 5.97. The van der Waals surface area contributed by atoms with E-state index in [0.29, 0.717) is 6.54 Å². The molecule has 1 rings (SSSR count). The largest absolute Gasteiger partial charge is 0.460 e. The molecule has 4 heteroatoms. The van der Waals surface area contributed by atoms with Crippen molar-refractivity contribution in [3.05, 3.63) is 0 Å². The number of alkyl halides is 1. The lowest BCUT2D eigenvalue weighted by Crippen LogP contribution is -2.32. The Balaban J connectivity index is 2.48. The topological polar surface area (TPSA) is 38.3 Å². The SMILES string of the molecule is CC(C)(C)OC(=O)C1CNCC1F. The summed E-state index contributed by atoms with van der Waals surface area (Å²) in [7, 11) is 0. The number of hydrogen-bond donors (Lipinski definition) is 1. The molecule has 0 aromatic heterocycles. The molecule has 0 saturated carbocycles. The monoisotopic (exact) mass is 189 g/mol. The zero-order valence-electron chi connectivity index (χ0n) is 8.26. The van der Waals surface area contributed by atoms with Crippen LogP contribution in [0.25, 0.3) is 0 Å². The van der Waals surface area contributed by atoms with E-state index < -0.39 is 23.7 Å². The first-order valence-corrected chi connectivity index (χ1v) is 4.48. The van der Waals surface area contributed by atoms with Gasteiger partial charge in [0.25, 0.3) is 0 Å². The standard InChI is InChI=1S/C9H16FNO2/c1-9(2,3)13-8(12)6-4-11-5-7(6)10/h6-7,11H,4-5H2,1-3H3. The molecule has 0 aliphatic carbocycles. The fraction of sp³-hybridized carbons (Fsp3) is 0.889. The van der Waals surface area contributed by atoms with Gasteiger partial charge in [-0.25, -0.2) is 4.39 Å². The Labute approximate surface area is 77.6 Å². The highest BCUT2D eigenvalue weighted by Gasteiger charge is 2.35. The third-order valence-corrected chi connectivity index (χ3v) is 1.85. The van der Waals surface area contributed by atoms with Gasteiger partial charge in [-0.3, -0.25) is 4.79 Å². The molecule has 2 unspecified atom stereocenters. The van der Waals surface area contributed by atoms with Gasteiger partial charge < -0.3 is 10.1 Å². The molecular formula is C9H16FNO2. The first kappa shape index (κ1) is 10.4. The minimum Gasteiger partial charge on any atom is -0.460 e. The van der Waals surface area contributed by atoms with Crippen molar-refractivity contribution in [3.8, 4) is 0 Å². The molecular weight excluding hydrogens is 173 g/mol. The number of carbonyl (C=O) groups is 1. The van der Waals surface area contributed by atoms with E-state index >= 15 is 0 Å². The Morgan fingerprint density at radius 3 is 2.46 bits per heavy atom. The second-order valence-electron chi connectivity index (χ2n) is 4.31. The summed E-state index contributed by atoms with van der Waals surface area (Å²) in [6.07, 6.45) is -1.10. The van der Waals surface area contributed by atoms with Gasteiger partial charge in [0.2, 0.25) is 0 Å². The number of halogens is 1. The van der Waals surface area contributed by atoms with Crippen molar-refractivity contribution in [2.75, 3.05) is 13.1 Å². The van der Waals surface area contributed by atoms with Crippen LogP contribution in [0.1, 0.15) is 20.8 Å². The molecule has 0 spiro atoms. The summed E-state index contributed by atoms with van der Waals surface area (Å²) in [4.78, 5) is 11.4. The first-order chi connectivity index (χ1) is 5.90. The smallest absolute Gasteiger partial charge is 0.313 e. The molecule has 1 saturated heterocycles.